The quantitative estimate of drug-likeness (QED) is 0.200. The fourth-order valence-electron chi connectivity index (χ4n) is 5.54. The number of carbonyl (C=O) groups is 2. The Morgan fingerprint density at radius 1 is 1.05 bits per heavy atom. The number of amides is 2. The first kappa shape index (κ1) is 27.9. The van der Waals surface area contributed by atoms with Crippen LogP contribution in [-0.2, 0) is 23.2 Å². The number of benzene rings is 3. The van der Waals surface area contributed by atoms with Crippen LogP contribution in [-0.4, -0.2) is 21.1 Å². The molecule has 2 aromatic heterocycles. The second-order valence-corrected chi connectivity index (χ2v) is 13.6. The van der Waals surface area contributed by atoms with Crippen LogP contribution < -0.4 is 10.2 Å². The van der Waals surface area contributed by atoms with E-state index in [0.717, 1.165) is 31.8 Å². The van der Waals surface area contributed by atoms with Crippen molar-refractivity contribution in [3.8, 4) is 0 Å². The van der Waals surface area contributed by atoms with Gasteiger partial charge in [0.2, 0.25) is 11.8 Å². The number of nitrogens with one attached hydrogen (secondary N) is 1. The fourth-order valence-corrected chi connectivity index (χ4v) is 7.87. The molecule has 5 nitrogen and oxygen atoms in total. The highest BCUT2D eigenvalue weighted by Gasteiger charge is 2.59. The average molecular weight is 621 g/mol. The Bertz CT molecular complexity index is 1730. The number of rotatable bonds is 7. The number of fused-ring (bicyclic) bond motifs is 1. The van der Waals surface area contributed by atoms with Gasteiger partial charge in [-0.1, -0.05) is 53.0 Å². The van der Waals surface area contributed by atoms with Crippen LogP contribution in [0.1, 0.15) is 28.5 Å². The van der Waals surface area contributed by atoms with E-state index < -0.39 is 10.8 Å². The maximum Gasteiger partial charge on any atom is 0.239 e. The van der Waals surface area contributed by atoms with Crippen molar-refractivity contribution in [3.05, 3.63) is 116 Å². The summed E-state index contributed by atoms with van der Waals surface area (Å²) in [6, 6.07) is 24.4. The Balaban J connectivity index is 1.56. The molecule has 6 rings (SSSR count). The largest absolute Gasteiger partial charge is 0.350 e. The lowest BCUT2D eigenvalue weighted by Crippen LogP contribution is -2.48. The molecule has 0 aliphatic carbocycles. The number of anilines is 1. The lowest BCUT2D eigenvalue weighted by atomic mass is 9.91. The van der Waals surface area contributed by atoms with Crippen molar-refractivity contribution < 1.29 is 9.59 Å². The molecular weight excluding hydrogens is 593 g/mol. The average Bonchev–Trinajstić information content (AvgIpc) is 3.66. The molecule has 2 amide bonds. The molecule has 1 N–H and O–H groups in total. The van der Waals surface area contributed by atoms with Crippen molar-refractivity contribution in [3.63, 3.8) is 0 Å². The molecule has 1 aliphatic heterocycles. The van der Waals surface area contributed by atoms with Gasteiger partial charge in [-0.25, -0.2) is 0 Å². The summed E-state index contributed by atoms with van der Waals surface area (Å²) in [5.41, 5.74) is 3.62. The highest BCUT2D eigenvalue weighted by atomic mass is 35.5. The molecular formula is C32H27Cl2N3O2S2. The molecule has 3 heterocycles. The summed E-state index contributed by atoms with van der Waals surface area (Å²) < 4.78 is 0.835. The van der Waals surface area contributed by atoms with Gasteiger partial charge in [0.15, 0.2) is 0 Å². The molecule has 0 radical (unpaired) electrons. The highest BCUT2D eigenvalue weighted by Crippen LogP contribution is 2.55. The Morgan fingerprint density at radius 2 is 1.78 bits per heavy atom. The Kier molecular flexibility index (Phi) is 7.64. The van der Waals surface area contributed by atoms with Crippen LogP contribution in [0.4, 0.5) is 5.69 Å². The number of thioether (sulfide) groups is 1. The van der Waals surface area contributed by atoms with Gasteiger partial charge in [-0.3, -0.25) is 9.59 Å². The van der Waals surface area contributed by atoms with E-state index in [1.54, 1.807) is 28.4 Å². The van der Waals surface area contributed by atoms with Crippen molar-refractivity contribution in [1.29, 1.82) is 0 Å². The fraction of sp³-hybridized carbons (Fsp3) is 0.188. The standard InChI is InChI=1S/C32H27Cl2N3O2S2/c1-20-5-12-24(13-6-20)41-32(31(39)35-18-25-4-3-15-40-25)17-29(38)37(23-10-7-21(33)8-11-23)30(32)27-19-36(2)28-16-22(34)9-14-26(27)28/h3-16,19,30H,17-18H2,1-2H3,(H,35,39). The second kappa shape index (κ2) is 11.2. The van der Waals surface area contributed by atoms with Gasteiger partial charge in [0.05, 0.1) is 19.0 Å². The van der Waals surface area contributed by atoms with Gasteiger partial charge in [-0.2, -0.15) is 0 Å². The summed E-state index contributed by atoms with van der Waals surface area (Å²) in [5.74, 6) is -0.313. The van der Waals surface area contributed by atoms with Crippen molar-refractivity contribution in [2.75, 3.05) is 4.90 Å². The summed E-state index contributed by atoms with van der Waals surface area (Å²) in [5, 5.41) is 7.31. The molecule has 2 atom stereocenters. The number of thiophene rings is 1. The van der Waals surface area contributed by atoms with E-state index in [1.165, 1.54) is 11.8 Å². The van der Waals surface area contributed by atoms with E-state index in [9.17, 15) is 9.59 Å². The van der Waals surface area contributed by atoms with E-state index in [-0.39, 0.29) is 18.2 Å². The number of carbonyl (C=O) groups excluding carboxylic acids is 2. The normalized spacial score (nSPS) is 18.8. The SMILES string of the molecule is Cc1ccc(SC2(C(=O)NCc3cccs3)CC(=O)N(c3ccc(Cl)cc3)C2c2cn(C)c3cc(Cl)ccc23)cc1. The van der Waals surface area contributed by atoms with Crippen molar-refractivity contribution in [2.45, 2.75) is 35.6 Å². The van der Waals surface area contributed by atoms with Crippen LogP contribution in [0, 0.1) is 6.92 Å². The van der Waals surface area contributed by atoms with Crippen LogP contribution in [0.2, 0.25) is 10.0 Å². The molecule has 1 aliphatic rings. The smallest absolute Gasteiger partial charge is 0.239 e. The molecule has 5 aromatic rings. The van der Waals surface area contributed by atoms with Crippen LogP contribution in [0.25, 0.3) is 10.9 Å². The molecule has 208 valence electrons. The highest BCUT2D eigenvalue weighted by molar-refractivity contribution is 8.01. The minimum absolute atomic E-state index is 0.0269. The number of nitrogens with zero attached hydrogens (tertiary/aromatic N) is 2. The minimum atomic E-state index is -1.17. The molecule has 2 unspecified atom stereocenters. The Labute approximate surface area is 257 Å². The molecule has 41 heavy (non-hydrogen) atoms. The third kappa shape index (κ3) is 5.28. The predicted octanol–water partition coefficient (Wildman–Crippen LogP) is 8.18. The number of halogens is 2. The van der Waals surface area contributed by atoms with E-state index in [0.29, 0.717) is 22.3 Å². The van der Waals surface area contributed by atoms with E-state index in [1.807, 2.05) is 96.8 Å². The van der Waals surface area contributed by atoms with Gasteiger partial charge in [-0.05, 0) is 66.9 Å². The number of aromatic nitrogens is 1. The van der Waals surface area contributed by atoms with Crippen molar-refractivity contribution in [1.82, 2.24) is 9.88 Å². The number of aryl methyl sites for hydroxylation is 2. The van der Waals surface area contributed by atoms with Crippen LogP contribution in [0.15, 0.2) is 95.3 Å². The summed E-state index contributed by atoms with van der Waals surface area (Å²) in [4.78, 5) is 32.4. The molecule has 1 saturated heterocycles. The van der Waals surface area contributed by atoms with Gasteiger partial charge in [0.1, 0.15) is 4.75 Å². The first-order chi connectivity index (χ1) is 19.7. The van der Waals surface area contributed by atoms with Crippen molar-refractivity contribution >= 4 is 74.7 Å². The maximum absolute atomic E-state index is 14.5. The molecule has 0 bridgehead atoms. The van der Waals surface area contributed by atoms with Crippen molar-refractivity contribution in [2.24, 2.45) is 7.05 Å². The third-order valence-corrected chi connectivity index (χ3v) is 10.3. The lowest BCUT2D eigenvalue weighted by Gasteiger charge is -2.36. The molecule has 9 heteroatoms. The van der Waals surface area contributed by atoms with Crippen LogP contribution >= 0.6 is 46.3 Å². The van der Waals surface area contributed by atoms with E-state index >= 15 is 0 Å². The van der Waals surface area contributed by atoms with E-state index in [4.69, 9.17) is 23.2 Å². The van der Waals surface area contributed by atoms with Gasteiger partial charge in [0, 0.05) is 55.2 Å². The monoisotopic (exact) mass is 619 g/mol. The molecule has 3 aromatic carbocycles. The molecule has 0 spiro atoms. The van der Waals surface area contributed by atoms with Gasteiger partial charge in [-0.15, -0.1) is 23.1 Å². The zero-order valence-corrected chi connectivity index (χ0v) is 25.6. The van der Waals surface area contributed by atoms with Gasteiger partial charge >= 0.3 is 0 Å². The summed E-state index contributed by atoms with van der Waals surface area (Å²) in [6.45, 7) is 2.42. The summed E-state index contributed by atoms with van der Waals surface area (Å²) in [6.07, 6.45) is 2.04. The van der Waals surface area contributed by atoms with Gasteiger partial charge in [0.25, 0.3) is 0 Å². The Hall–Kier alpha value is -3.23. The lowest BCUT2D eigenvalue weighted by molar-refractivity contribution is -0.125. The maximum atomic E-state index is 14.5. The first-order valence-corrected chi connectivity index (χ1v) is 15.6. The van der Waals surface area contributed by atoms with Crippen LogP contribution in [0.5, 0.6) is 0 Å². The molecule has 1 fully saturated rings. The van der Waals surface area contributed by atoms with E-state index in [2.05, 4.69) is 5.32 Å². The van der Waals surface area contributed by atoms with Gasteiger partial charge < -0.3 is 14.8 Å². The third-order valence-electron chi connectivity index (χ3n) is 7.47. The number of hydrogen-bond donors (Lipinski definition) is 1. The predicted molar refractivity (Wildman–Crippen MR) is 170 cm³/mol. The second-order valence-electron chi connectivity index (χ2n) is 10.2. The zero-order chi connectivity index (χ0) is 28.7. The minimum Gasteiger partial charge on any atom is -0.350 e. The topological polar surface area (TPSA) is 54.3 Å². The summed E-state index contributed by atoms with van der Waals surface area (Å²) >= 11 is 15.7. The number of hydrogen-bond acceptors (Lipinski definition) is 4. The van der Waals surface area contributed by atoms with Crippen LogP contribution in [0.3, 0.4) is 0 Å². The molecule has 0 saturated carbocycles. The first-order valence-electron chi connectivity index (χ1n) is 13.1. The Morgan fingerprint density at radius 3 is 2.49 bits per heavy atom. The summed E-state index contributed by atoms with van der Waals surface area (Å²) in [7, 11) is 1.96. The zero-order valence-electron chi connectivity index (χ0n) is 22.4.